The predicted molar refractivity (Wildman–Crippen MR) is 117 cm³/mol. The van der Waals surface area contributed by atoms with Crippen LogP contribution in [0.25, 0.3) is 0 Å². The Morgan fingerprint density at radius 1 is 1.23 bits per heavy atom. The molecule has 7 nitrogen and oxygen atoms in total. The zero-order valence-corrected chi connectivity index (χ0v) is 17.5. The van der Waals surface area contributed by atoms with Crippen LogP contribution >= 0.6 is 11.3 Å². The number of hydrogen-bond acceptors (Lipinski definition) is 6. The summed E-state index contributed by atoms with van der Waals surface area (Å²) in [4.78, 5) is 28.5. The van der Waals surface area contributed by atoms with Gasteiger partial charge in [-0.15, -0.1) is 11.3 Å². The average molecular weight is 426 g/mol. The van der Waals surface area contributed by atoms with Gasteiger partial charge >= 0.3 is 5.97 Å². The second-order valence-electron chi connectivity index (χ2n) is 7.05. The number of benzene rings is 2. The van der Waals surface area contributed by atoms with Crippen molar-refractivity contribution in [1.82, 2.24) is 4.98 Å². The Balaban J connectivity index is 1.72. The second kappa shape index (κ2) is 9.41. The van der Waals surface area contributed by atoms with Crippen LogP contribution in [0.15, 0.2) is 47.8 Å². The summed E-state index contributed by atoms with van der Waals surface area (Å²) >= 11 is 1.52. The molecule has 3 rings (SSSR count). The summed E-state index contributed by atoms with van der Waals surface area (Å²) in [5.74, 6) is -0.633. The van der Waals surface area contributed by atoms with Gasteiger partial charge in [0.05, 0.1) is 23.4 Å². The molecule has 1 amide bonds. The van der Waals surface area contributed by atoms with Crippen LogP contribution in [0, 0.1) is 0 Å². The van der Waals surface area contributed by atoms with Crippen LogP contribution in [0.2, 0.25) is 0 Å². The Bertz CT molecular complexity index is 1060. The van der Waals surface area contributed by atoms with Gasteiger partial charge in [0.25, 0.3) is 0 Å². The number of ether oxygens (including phenoxy) is 1. The third-order valence-electron chi connectivity index (χ3n) is 4.39. The molecular weight excluding hydrogens is 402 g/mol. The summed E-state index contributed by atoms with van der Waals surface area (Å²) in [5.41, 5.74) is 8.31. The van der Waals surface area contributed by atoms with E-state index in [-0.39, 0.29) is 24.5 Å². The second-order valence-corrected chi connectivity index (χ2v) is 7.99. The minimum atomic E-state index is -1.07. The highest BCUT2D eigenvalue weighted by atomic mass is 32.1. The molecule has 0 saturated heterocycles. The van der Waals surface area contributed by atoms with Crippen molar-refractivity contribution in [3.8, 4) is 5.75 Å². The number of anilines is 2. The number of thiazole rings is 1. The van der Waals surface area contributed by atoms with E-state index in [2.05, 4.69) is 24.1 Å². The Morgan fingerprint density at radius 2 is 2.00 bits per heavy atom. The fourth-order valence-electron chi connectivity index (χ4n) is 2.82. The summed E-state index contributed by atoms with van der Waals surface area (Å²) in [7, 11) is 0. The summed E-state index contributed by atoms with van der Waals surface area (Å²) < 4.78 is 5.87. The van der Waals surface area contributed by atoms with E-state index < -0.39 is 5.97 Å². The molecule has 2 aromatic carbocycles. The maximum Gasteiger partial charge on any atom is 0.335 e. The molecule has 8 heteroatoms. The first-order valence-electron chi connectivity index (χ1n) is 9.41. The number of carboxylic acid groups (broad SMARTS) is 1. The smallest absolute Gasteiger partial charge is 0.335 e. The van der Waals surface area contributed by atoms with Crippen LogP contribution < -0.4 is 15.8 Å². The minimum absolute atomic E-state index is 0.0824. The number of hydrogen-bond donors (Lipinski definition) is 3. The number of nitrogens with two attached hydrogens (primary N) is 1. The quantitative estimate of drug-likeness (QED) is 0.463. The first-order chi connectivity index (χ1) is 14.3. The summed E-state index contributed by atoms with van der Waals surface area (Å²) in [6.07, 6.45) is -0.0824. The van der Waals surface area contributed by atoms with Crippen molar-refractivity contribution in [1.29, 1.82) is 0 Å². The Kier molecular flexibility index (Phi) is 6.68. The molecule has 0 fully saturated rings. The van der Waals surface area contributed by atoms with Crippen molar-refractivity contribution in [2.45, 2.75) is 32.8 Å². The molecule has 4 N–H and O–H groups in total. The summed E-state index contributed by atoms with van der Waals surface area (Å²) in [6, 6.07) is 11.4. The van der Waals surface area contributed by atoms with Gasteiger partial charge in [-0.25, -0.2) is 9.78 Å². The number of rotatable bonds is 8. The maximum atomic E-state index is 12.6. The molecule has 156 valence electrons. The fraction of sp³-hybridized carbons (Fsp3) is 0.227. The van der Waals surface area contributed by atoms with Gasteiger partial charge in [0.1, 0.15) is 17.4 Å². The SMILES string of the molecule is CC(C)c1csc(COc2ccc(N)cc2NC(=O)Cc2ccccc2C(=O)O)n1. The van der Waals surface area contributed by atoms with Crippen molar-refractivity contribution in [3.05, 3.63) is 69.7 Å². The molecule has 0 radical (unpaired) electrons. The number of aromatic nitrogens is 1. The molecule has 0 spiro atoms. The van der Waals surface area contributed by atoms with E-state index in [1.165, 1.54) is 17.4 Å². The number of nitrogens with one attached hydrogen (secondary N) is 1. The normalized spacial score (nSPS) is 10.8. The van der Waals surface area contributed by atoms with Crippen molar-refractivity contribution in [3.63, 3.8) is 0 Å². The Hall–Kier alpha value is -3.39. The number of amides is 1. The van der Waals surface area contributed by atoms with Gasteiger partial charge in [0.2, 0.25) is 5.91 Å². The number of nitrogens with zero attached hydrogens (tertiary/aromatic N) is 1. The molecule has 0 aliphatic heterocycles. The van der Waals surface area contributed by atoms with Crippen LogP contribution in [-0.4, -0.2) is 22.0 Å². The van der Waals surface area contributed by atoms with Crippen LogP contribution in [0.1, 0.15) is 46.4 Å². The summed E-state index contributed by atoms with van der Waals surface area (Å²) in [5, 5.41) is 14.9. The first kappa shape index (κ1) is 21.3. The highest BCUT2D eigenvalue weighted by Crippen LogP contribution is 2.29. The molecule has 0 saturated carbocycles. The maximum absolute atomic E-state index is 12.6. The van der Waals surface area contributed by atoms with E-state index in [1.54, 1.807) is 36.4 Å². The van der Waals surface area contributed by atoms with Crippen LogP contribution in [-0.2, 0) is 17.8 Å². The van der Waals surface area contributed by atoms with Gasteiger partial charge in [-0.3, -0.25) is 4.79 Å². The lowest BCUT2D eigenvalue weighted by Crippen LogP contribution is -2.17. The van der Waals surface area contributed by atoms with E-state index in [1.807, 2.05) is 5.38 Å². The zero-order valence-electron chi connectivity index (χ0n) is 16.7. The molecule has 0 aliphatic rings. The monoisotopic (exact) mass is 425 g/mol. The van der Waals surface area contributed by atoms with E-state index in [9.17, 15) is 14.7 Å². The predicted octanol–water partition coefficient (Wildman–Crippen LogP) is 4.31. The lowest BCUT2D eigenvalue weighted by Gasteiger charge is -2.13. The van der Waals surface area contributed by atoms with Gasteiger partial charge < -0.3 is 20.9 Å². The Morgan fingerprint density at radius 3 is 2.70 bits per heavy atom. The average Bonchev–Trinajstić information content (AvgIpc) is 3.17. The standard InChI is InChI=1S/C22H23N3O4S/c1-13(2)18-12-30-21(25-18)11-29-19-8-7-15(23)10-17(19)24-20(26)9-14-5-3-4-6-16(14)22(27)28/h3-8,10,12-13H,9,11,23H2,1-2H3,(H,24,26)(H,27,28). The van der Waals surface area contributed by atoms with Gasteiger partial charge in [-0.05, 0) is 35.7 Å². The molecule has 0 aliphatic carbocycles. The number of carbonyl (C=O) groups excluding carboxylic acids is 1. The zero-order chi connectivity index (χ0) is 21.7. The van der Waals surface area contributed by atoms with Gasteiger partial charge in [0, 0.05) is 11.1 Å². The number of carboxylic acids is 1. The van der Waals surface area contributed by atoms with Crippen molar-refractivity contribution < 1.29 is 19.4 Å². The van der Waals surface area contributed by atoms with E-state index in [0.717, 1.165) is 10.7 Å². The molecule has 30 heavy (non-hydrogen) atoms. The van der Waals surface area contributed by atoms with E-state index in [0.29, 0.717) is 28.6 Å². The molecule has 3 aromatic rings. The lowest BCUT2D eigenvalue weighted by molar-refractivity contribution is -0.115. The van der Waals surface area contributed by atoms with Gasteiger partial charge in [0.15, 0.2) is 0 Å². The molecule has 1 aromatic heterocycles. The first-order valence-corrected chi connectivity index (χ1v) is 10.3. The van der Waals surface area contributed by atoms with Crippen LogP contribution in [0.5, 0.6) is 5.75 Å². The molecule has 0 bridgehead atoms. The topological polar surface area (TPSA) is 115 Å². The van der Waals surface area contributed by atoms with Crippen molar-refractivity contribution in [2.75, 3.05) is 11.1 Å². The molecule has 1 heterocycles. The number of nitrogen functional groups attached to an aromatic ring is 1. The molecule has 0 unspecified atom stereocenters. The molecular formula is C22H23N3O4S. The van der Waals surface area contributed by atoms with E-state index >= 15 is 0 Å². The van der Waals surface area contributed by atoms with E-state index in [4.69, 9.17) is 10.5 Å². The number of aromatic carboxylic acids is 1. The van der Waals surface area contributed by atoms with Gasteiger partial charge in [-0.1, -0.05) is 32.0 Å². The lowest BCUT2D eigenvalue weighted by atomic mass is 10.0. The highest BCUT2D eigenvalue weighted by molar-refractivity contribution is 7.09. The number of carbonyl (C=O) groups is 2. The van der Waals surface area contributed by atoms with Crippen LogP contribution in [0.3, 0.4) is 0 Å². The van der Waals surface area contributed by atoms with Crippen LogP contribution in [0.4, 0.5) is 11.4 Å². The minimum Gasteiger partial charge on any atom is -0.484 e. The van der Waals surface area contributed by atoms with Gasteiger partial charge in [-0.2, -0.15) is 0 Å². The Labute approximate surface area is 178 Å². The van der Waals surface area contributed by atoms with Crippen molar-refractivity contribution in [2.24, 2.45) is 0 Å². The summed E-state index contributed by atoms with van der Waals surface area (Å²) in [6.45, 7) is 4.43. The highest BCUT2D eigenvalue weighted by Gasteiger charge is 2.15. The third-order valence-corrected chi connectivity index (χ3v) is 5.23. The molecule has 0 atom stereocenters. The van der Waals surface area contributed by atoms with Crippen molar-refractivity contribution >= 4 is 34.6 Å². The fourth-order valence-corrected chi connectivity index (χ4v) is 3.68. The third kappa shape index (κ3) is 5.36. The largest absolute Gasteiger partial charge is 0.484 e.